The Morgan fingerprint density at radius 1 is 0.857 bits per heavy atom. The molecule has 2 aromatic carbocycles. The van der Waals surface area contributed by atoms with Gasteiger partial charge >= 0.3 is 0 Å². The first-order chi connectivity index (χ1) is 16.3. The minimum atomic E-state index is -0.110. The van der Waals surface area contributed by atoms with Crippen molar-refractivity contribution in [3.63, 3.8) is 0 Å². The Labute approximate surface area is 231 Å². The third-order valence-corrected chi connectivity index (χ3v) is 6.54. The van der Waals surface area contributed by atoms with Crippen molar-refractivity contribution in [2.45, 2.75) is 19.3 Å². The standard InChI is InChI=1S/C17H15O.C12H6Cl2N2.Ag/c1-11-7-5-9-13-15(11)18-16-12(2)8-6-10-14(16)17(13,3)4;13-9-5-3-7-1-2-8-4-6-10(14)16-12(8)11(7)15-9;/h5,7-10H,1-2H2,3-4H3;1-6H;/q-1;;. The van der Waals surface area contributed by atoms with E-state index in [-0.39, 0.29) is 27.8 Å². The van der Waals surface area contributed by atoms with Crippen molar-refractivity contribution in [1.82, 2.24) is 9.97 Å². The van der Waals surface area contributed by atoms with Gasteiger partial charge in [-0.1, -0.05) is 41.4 Å². The van der Waals surface area contributed by atoms with Gasteiger partial charge in [0.05, 0.1) is 22.7 Å². The molecular formula is C29H21AgCl2N2O-. The van der Waals surface area contributed by atoms with Crippen LogP contribution in [-0.2, 0) is 27.8 Å². The number of rotatable bonds is 0. The molecule has 6 heteroatoms. The van der Waals surface area contributed by atoms with Gasteiger partial charge < -0.3 is 4.74 Å². The maximum atomic E-state index is 6.03. The fraction of sp³-hybridized carbons (Fsp3) is 0.103. The number of hydrogen-bond donors (Lipinski definition) is 0. The van der Waals surface area contributed by atoms with E-state index in [0.29, 0.717) is 10.3 Å². The van der Waals surface area contributed by atoms with Gasteiger partial charge in [-0.15, -0.1) is 13.0 Å². The smallest absolute Gasteiger partial charge is 0.129 e. The van der Waals surface area contributed by atoms with E-state index in [2.05, 4.69) is 49.8 Å². The van der Waals surface area contributed by atoms with E-state index in [1.807, 2.05) is 48.6 Å². The molecule has 1 aliphatic carbocycles. The molecule has 0 saturated carbocycles. The monoisotopic (exact) mass is 590 g/mol. The molecule has 0 N–H and O–H groups in total. The average molecular weight is 592 g/mol. The molecule has 0 amide bonds. The predicted octanol–water partition coefficient (Wildman–Crippen LogP) is 8.01. The Hall–Kier alpha value is -2.75. The Kier molecular flexibility index (Phi) is 7.04. The van der Waals surface area contributed by atoms with Gasteiger partial charge in [0.1, 0.15) is 16.1 Å². The molecule has 6 rings (SSSR count). The van der Waals surface area contributed by atoms with E-state index < -0.39 is 0 Å². The maximum absolute atomic E-state index is 6.03. The summed E-state index contributed by atoms with van der Waals surface area (Å²) in [6.45, 7) is 12.5. The summed E-state index contributed by atoms with van der Waals surface area (Å²) in [6.07, 6.45) is 6.97. The first-order valence-corrected chi connectivity index (χ1v) is 11.5. The van der Waals surface area contributed by atoms with E-state index in [4.69, 9.17) is 27.9 Å². The topological polar surface area (TPSA) is 35.0 Å². The van der Waals surface area contributed by atoms with Crippen molar-refractivity contribution in [3.8, 4) is 5.75 Å². The molecule has 0 atom stereocenters. The van der Waals surface area contributed by atoms with Crippen LogP contribution in [-0.4, -0.2) is 9.97 Å². The molecule has 0 saturated heterocycles. The largest absolute Gasteiger partial charge is 0.554 e. The van der Waals surface area contributed by atoms with Gasteiger partial charge in [-0.3, -0.25) is 0 Å². The Bertz CT molecular complexity index is 1490. The van der Waals surface area contributed by atoms with Gasteiger partial charge in [0.25, 0.3) is 0 Å². The molecular weight excluding hydrogens is 571 g/mol. The number of nitrogens with zero attached hydrogens (tertiary/aromatic N) is 2. The summed E-state index contributed by atoms with van der Waals surface area (Å²) in [4.78, 5) is 8.58. The zero-order chi connectivity index (χ0) is 24.0. The second-order valence-electron chi connectivity index (χ2n) is 8.72. The van der Waals surface area contributed by atoms with E-state index in [9.17, 15) is 0 Å². The third kappa shape index (κ3) is 4.60. The first-order valence-electron chi connectivity index (χ1n) is 10.8. The van der Waals surface area contributed by atoms with Gasteiger partial charge in [0.2, 0.25) is 0 Å². The van der Waals surface area contributed by atoms with E-state index >= 15 is 0 Å². The summed E-state index contributed by atoms with van der Waals surface area (Å²) in [6, 6.07) is 17.5. The number of pyridine rings is 2. The number of benzene rings is 2. The van der Waals surface area contributed by atoms with Crippen molar-refractivity contribution < 1.29 is 27.1 Å². The maximum Gasteiger partial charge on any atom is 0.129 e. The van der Waals surface area contributed by atoms with Crippen LogP contribution in [0.5, 0.6) is 5.75 Å². The molecule has 2 aliphatic rings. The van der Waals surface area contributed by atoms with Crippen LogP contribution in [0.1, 0.15) is 25.0 Å². The number of aromatic nitrogens is 2. The Balaban J connectivity index is 0.000000161. The molecule has 3 heterocycles. The number of allylic oxidation sites excluding steroid dienone is 5. The van der Waals surface area contributed by atoms with Crippen molar-refractivity contribution in [2.24, 2.45) is 0 Å². The van der Waals surface area contributed by atoms with Crippen LogP contribution in [0.2, 0.25) is 10.3 Å². The van der Waals surface area contributed by atoms with Gasteiger partial charge in [0, 0.05) is 50.4 Å². The SMILES string of the molecule is Clc1ccc2ccc3ccc(Cl)nc3c2n1.[Ag].[CH2-]C1=C2Oc3c([CH2-])cccc3C(C)(C)C2=C[C+]=C1. The Morgan fingerprint density at radius 3 is 2.03 bits per heavy atom. The van der Waals surface area contributed by atoms with Gasteiger partial charge in [-0.05, 0) is 55.3 Å². The van der Waals surface area contributed by atoms with E-state index in [0.717, 1.165) is 50.0 Å². The van der Waals surface area contributed by atoms with Gasteiger partial charge in [0.15, 0.2) is 0 Å². The molecule has 0 unspecified atom stereocenters. The quantitative estimate of drug-likeness (QED) is 0.0899. The van der Waals surface area contributed by atoms with Crippen LogP contribution in [0, 0.1) is 19.9 Å². The average Bonchev–Trinajstić information content (AvgIpc) is 2.81. The molecule has 3 nitrogen and oxygen atoms in total. The summed E-state index contributed by atoms with van der Waals surface area (Å²) in [5.41, 5.74) is 5.54. The normalized spacial score (nSPS) is 15.0. The first kappa shape index (κ1) is 25.3. The zero-order valence-corrected chi connectivity index (χ0v) is 22.1. The fourth-order valence-corrected chi connectivity index (χ4v) is 4.57. The van der Waals surface area contributed by atoms with Crippen molar-refractivity contribution in [1.29, 1.82) is 0 Å². The number of halogens is 2. The minimum Gasteiger partial charge on any atom is -0.554 e. The summed E-state index contributed by atoms with van der Waals surface area (Å²) in [5, 5.41) is 2.93. The molecule has 4 aromatic rings. The molecule has 0 bridgehead atoms. The molecule has 179 valence electrons. The second-order valence-corrected chi connectivity index (χ2v) is 9.50. The number of para-hydroxylation sites is 1. The summed E-state index contributed by atoms with van der Waals surface area (Å²) >= 11 is 11.8. The predicted molar refractivity (Wildman–Crippen MR) is 140 cm³/mol. The van der Waals surface area contributed by atoms with Crippen LogP contribution in [0.15, 0.2) is 83.7 Å². The van der Waals surface area contributed by atoms with Crippen LogP contribution < -0.4 is 4.74 Å². The van der Waals surface area contributed by atoms with Gasteiger partial charge in [-0.2, -0.15) is 18.6 Å². The fourth-order valence-electron chi connectivity index (χ4n) is 4.28. The summed E-state index contributed by atoms with van der Waals surface area (Å²) < 4.78 is 6.03. The number of ether oxygens (including phenoxy) is 1. The molecule has 1 radical (unpaired) electrons. The van der Waals surface area contributed by atoms with Crippen LogP contribution in [0.3, 0.4) is 0 Å². The van der Waals surface area contributed by atoms with Crippen LogP contribution >= 0.6 is 23.2 Å². The molecule has 35 heavy (non-hydrogen) atoms. The number of hydrogen-bond acceptors (Lipinski definition) is 3. The molecule has 1 aliphatic heterocycles. The second kappa shape index (κ2) is 9.72. The van der Waals surface area contributed by atoms with Crippen molar-refractivity contribution >= 4 is 45.0 Å². The van der Waals surface area contributed by atoms with Crippen molar-refractivity contribution in [3.05, 3.63) is 125 Å². The number of fused-ring (bicyclic) bond motifs is 5. The van der Waals surface area contributed by atoms with Crippen LogP contribution in [0.4, 0.5) is 0 Å². The third-order valence-electron chi connectivity index (χ3n) is 6.12. The van der Waals surface area contributed by atoms with E-state index in [1.165, 1.54) is 5.56 Å². The Morgan fingerprint density at radius 2 is 1.43 bits per heavy atom. The molecule has 2 aromatic heterocycles. The van der Waals surface area contributed by atoms with Crippen molar-refractivity contribution in [2.75, 3.05) is 0 Å². The minimum absolute atomic E-state index is 0. The van der Waals surface area contributed by atoms with Gasteiger partial charge in [-0.25, -0.2) is 9.97 Å². The summed E-state index contributed by atoms with van der Waals surface area (Å²) in [5.74, 6) is 1.72. The molecule has 0 fully saturated rings. The summed E-state index contributed by atoms with van der Waals surface area (Å²) in [7, 11) is 0. The zero-order valence-electron chi connectivity index (χ0n) is 19.1. The van der Waals surface area contributed by atoms with E-state index in [1.54, 1.807) is 12.1 Å². The molecule has 0 spiro atoms. The van der Waals surface area contributed by atoms with Crippen LogP contribution in [0.25, 0.3) is 21.8 Å².